The van der Waals surface area contributed by atoms with E-state index in [9.17, 15) is 9.59 Å². The molecule has 2 amide bonds. The van der Waals surface area contributed by atoms with Gasteiger partial charge in [-0.2, -0.15) is 0 Å². The van der Waals surface area contributed by atoms with Crippen LogP contribution < -0.4 is 10.1 Å². The Morgan fingerprint density at radius 1 is 1.13 bits per heavy atom. The van der Waals surface area contributed by atoms with Gasteiger partial charge in [-0.05, 0) is 50.1 Å². The van der Waals surface area contributed by atoms with E-state index >= 15 is 0 Å². The minimum atomic E-state index is -0.228. The van der Waals surface area contributed by atoms with Crippen molar-refractivity contribution in [1.29, 1.82) is 0 Å². The van der Waals surface area contributed by atoms with E-state index in [1.165, 1.54) is 16.2 Å². The summed E-state index contributed by atoms with van der Waals surface area (Å²) in [4.78, 5) is 31.1. The van der Waals surface area contributed by atoms with E-state index in [4.69, 9.17) is 4.74 Å². The number of ether oxygens (including phenoxy) is 1. The number of nitrogens with one attached hydrogen (secondary N) is 1. The van der Waals surface area contributed by atoms with Crippen molar-refractivity contribution in [3.8, 4) is 16.3 Å². The number of aryl methyl sites for hydroxylation is 1. The van der Waals surface area contributed by atoms with Crippen molar-refractivity contribution in [2.75, 3.05) is 25.5 Å². The molecule has 31 heavy (non-hydrogen) atoms. The normalized spacial score (nSPS) is 10.6. The number of carbonyl (C=O) groups is 2. The third-order valence-electron chi connectivity index (χ3n) is 4.99. The smallest absolute Gasteiger partial charge is 0.243 e. The number of para-hydroxylation sites is 1. The van der Waals surface area contributed by atoms with E-state index in [-0.39, 0.29) is 24.8 Å². The van der Waals surface area contributed by atoms with Gasteiger partial charge in [0, 0.05) is 18.1 Å². The van der Waals surface area contributed by atoms with Crippen LogP contribution in [0.4, 0.5) is 5.69 Å². The lowest BCUT2D eigenvalue weighted by atomic mass is 10.1. The molecule has 0 atom stereocenters. The van der Waals surface area contributed by atoms with Crippen LogP contribution in [0.1, 0.15) is 23.7 Å². The largest absolute Gasteiger partial charge is 0.493 e. The molecule has 0 spiro atoms. The Hall–Kier alpha value is -3.19. The van der Waals surface area contributed by atoms with Gasteiger partial charge in [0.2, 0.25) is 11.8 Å². The molecule has 3 rings (SSSR count). The lowest BCUT2D eigenvalue weighted by Gasteiger charge is -2.17. The Labute approximate surface area is 186 Å². The topological polar surface area (TPSA) is 71.5 Å². The number of nitrogens with zero attached hydrogens (tertiary/aromatic N) is 2. The maximum absolute atomic E-state index is 12.6. The van der Waals surface area contributed by atoms with Gasteiger partial charge >= 0.3 is 0 Å². The monoisotopic (exact) mass is 437 g/mol. The van der Waals surface area contributed by atoms with E-state index in [0.717, 1.165) is 33.1 Å². The van der Waals surface area contributed by atoms with E-state index in [0.29, 0.717) is 12.3 Å². The van der Waals surface area contributed by atoms with E-state index in [2.05, 4.69) is 10.3 Å². The summed E-state index contributed by atoms with van der Waals surface area (Å²) in [6, 6.07) is 13.5. The first-order chi connectivity index (χ1) is 14.9. The van der Waals surface area contributed by atoms with Crippen molar-refractivity contribution >= 4 is 28.8 Å². The second-order valence-corrected chi connectivity index (χ2v) is 8.15. The first-order valence-electron chi connectivity index (χ1n) is 10.2. The minimum Gasteiger partial charge on any atom is -0.493 e. The molecule has 1 aromatic heterocycles. The molecule has 0 aliphatic carbocycles. The predicted octanol–water partition coefficient (Wildman–Crippen LogP) is 4.47. The molecule has 0 unspecified atom stereocenters. The third kappa shape index (κ3) is 5.70. The van der Waals surface area contributed by atoms with Crippen LogP contribution in [0.5, 0.6) is 5.75 Å². The Morgan fingerprint density at radius 2 is 1.90 bits per heavy atom. The minimum absolute atomic E-state index is 0.0175. The molecule has 1 heterocycles. The third-order valence-corrected chi connectivity index (χ3v) is 5.91. The Morgan fingerprint density at radius 3 is 2.68 bits per heavy atom. The van der Waals surface area contributed by atoms with Crippen LogP contribution in [0.3, 0.4) is 0 Å². The average Bonchev–Trinajstić information content (AvgIpc) is 3.20. The zero-order valence-corrected chi connectivity index (χ0v) is 19.1. The van der Waals surface area contributed by atoms with Gasteiger partial charge in [-0.15, -0.1) is 11.3 Å². The number of aromatic nitrogens is 1. The molecule has 7 heteroatoms. The number of thiazole rings is 1. The van der Waals surface area contributed by atoms with Gasteiger partial charge in [-0.25, -0.2) is 4.98 Å². The number of benzene rings is 2. The quantitative estimate of drug-likeness (QED) is 0.565. The summed E-state index contributed by atoms with van der Waals surface area (Å²) in [5.74, 6) is 0.387. The summed E-state index contributed by atoms with van der Waals surface area (Å²) in [6.07, 6.45) is 0.139. The zero-order chi connectivity index (χ0) is 22.4. The van der Waals surface area contributed by atoms with Gasteiger partial charge in [0.25, 0.3) is 0 Å². The molecule has 3 aromatic rings. The lowest BCUT2D eigenvalue weighted by Crippen LogP contribution is -2.36. The van der Waals surface area contributed by atoms with Gasteiger partial charge < -0.3 is 15.0 Å². The SMILES string of the molecule is CCOc1ccccc1-c1nc(CC(=O)N(C)CC(=O)Nc2cccc(C)c2C)cs1. The molecular weight excluding hydrogens is 410 g/mol. The molecule has 0 bridgehead atoms. The van der Waals surface area contributed by atoms with Crippen LogP contribution >= 0.6 is 11.3 Å². The highest BCUT2D eigenvalue weighted by atomic mass is 32.1. The van der Waals surface area contributed by atoms with Crippen LogP contribution in [0.2, 0.25) is 0 Å². The van der Waals surface area contributed by atoms with Gasteiger partial charge in [-0.3, -0.25) is 9.59 Å². The summed E-state index contributed by atoms with van der Waals surface area (Å²) in [7, 11) is 1.63. The first kappa shape index (κ1) is 22.5. The van der Waals surface area contributed by atoms with Crippen LogP contribution in [0, 0.1) is 13.8 Å². The fourth-order valence-corrected chi connectivity index (χ4v) is 3.96. The summed E-state index contributed by atoms with van der Waals surface area (Å²) < 4.78 is 5.68. The van der Waals surface area contributed by atoms with Gasteiger partial charge in [0.15, 0.2) is 0 Å². The summed E-state index contributed by atoms with van der Waals surface area (Å²) >= 11 is 1.47. The molecule has 0 fully saturated rings. The number of hydrogen-bond donors (Lipinski definition) is 1. The Bertz CT molecular complexity index is 1080. The van der Waals surface area contributed by atoms with E-state index in [1.807, 2.05) is 68.6 Å². The van der Waals surface area contributed by atoms with Crippen molar-refractivity contribution in [3.05, 3.63) is 64.7 Å². The predicted molar refractivity (Wildman–Crippen MR) is 125 cm³/mol. The van der Waals surface area contributed by atoms with Crippen LogP contribution in [0.15, 0.2) is 47.8 Å². The highest BCUT2D eigenvalue weighted by molar-refractivity contribution is 7.13. The maximum Gasteiger partial charge on any atom is 0.243 e. The lowest BCUT2D eigenvalue weighted by molar-refractivity contribution is -0.132. The van der Waals surface area contributed by atoms with Gasteiger partial charge in [-0.1, -0.05) is 24.3 Å². The van der Waals surface area contributed by atoms with Crippen molar-refractivity contribution in [1.82, 2.24) is 9.88 Å². The fourth-order valence-electron chi connectivity index (χ4n) is 3.11. The molecule has 1 N–H and O–H groups in total. The number of amides is 2. The van der Waals surface area contributed by atoms with Crippen molar-refractivity contribution in [3.63, 3.8) is 0 Å². The number of rotatable bonds is 8. The second-order valence-electron chi connectivity index (χ2n) is 7.30. The molecule has 0 saturated heterocycles. The summed E-state index contributed by atoms with van der Waals surface area (Å²) in [6.45, 7) is 6.45. The average molecular weight is 438 g/mol. The number of carbonyl (C=O) groups excluding carboxylic acids is 2. The number of likely N-dealkylation sites (N-methyl/N-ethyl adjacent to an activating group) is 1. The molecule has 6 nitrogen and oxygen atoms in total. The number of hydrogen-bond acceptors (Lipinski definition) is 5. The highest BCUT2D eigenvalue weighted by Crippen LogP contribution is 2.32. The highest BCUT2D eigenvalue weighted by Gasteiger charge is 2.17. The van der Waals surface area contributed by atoms with Crippen LogP contribution in [0.25, 0.3) is 10.6 Å². The van der Waals surface area contributed by atoms with Crippen molar-refractivity contribution in [2.45, 2.75) is 27.2 Å². The number of anilines is 1. The first-order valence-corrected chi connectivity index (χ1v) is 11.0. The molecule has 0 radical (unpaired) electrons. The molecule has 0 aliphatic heterocycles. The van der Waals surface area contributed by atoms with E-state index < -0.39 is 0 Å². The zero-order valence-electron chi connectivity index (χ0n) is 18.3. The van der Waals surface area contributed by atoms with Gasteiger partial charge in [0.1, 0.15) is 10.8 Å². The fraction of sp³-hybridized carbons (Fsp3) is 0.292. The molecule has 162 valence electrons. The standard InChI is InChI=1S/C24H27N3O3S/c1-5-30-21-12-7-6-10-19(21)24-25-18(15-31-24)13-23(29)27(4)14-22(28)26-20-11-8-9-16(2)17(20)3/h6-12,15H,5,13-14H2,1-4H3,(H,26,28). The van der Waals surface area contributed by atoms with Crippen LogP contribution in [-0.4, -0.2) is 41.9 Å². The summed E-state index contributed by atoms with van der Waals surface area (Å²) in [5.41, 5.74) is 4.48. The van der Waals surface area contributed by atoms with Gasteiger partial charge in [0.05, 0.1) is 30.8 Å². The molecule has 0 aliphatic rings. The maximum atomic E-state index is 12.6. The van der Waals surface area contributed by atoms with E-state index in [1.54, 1.807) is 7.05 Å². The molecular formula is C24H27N3O3S. The summed E-state index contributed by atoms with van der Waals surface area (Å²) in [5, 5.41) is 5.57. The van der Waals surface area contributed by atoms with Crippen molar-refractivity contribution in [2.24, 2.45) is 0 Å². The Balaban J connectivity index is 1.60. The second kappa shape index (κ2) is 10.2. The molecule has 0 saturated carbocycles. The Kier molecular flexibility index (Phi) is 7.41. The molecule has 2 aromatic carbocycles. The van der Waals surface area contributed by atoms with Crippen LogP contribution in [-0.2, 0) is 16.0 Å². The van der Waals surface area contributed by atoms with Crippen molar-refractivity contribution < 1.29 is 14.3 Å².